The summed E-state index contributed by atoms with van der Waals surface area (Å²) in [6, 6.07) is 19.7. The largest absolute Gasteiger partial charge is 0.324 e. The Balaban J connectivity index is 1.35. The van der Waals surface area contributed by atoms with Crippen molar-refractivity contribution < 1.29 is 18.4 Å². The third-order valence-electron chi connectivity index (χ3n) is 6.76. The smallest absolute Gasteiger partial charge is 0.321 e. The summed E-state index contributed by atoms with van der Waals surface area (Å²) in [5.41, 5.74) is 1.38. The van der Waals surface area contributed by atoms with Gasteiger partial charge in [0.05, 0.1) is 11.5 Å². The molecule has 3 amide bonds. The minimum Gasteiger partial charge on any atom is -0.324 e. The summed E-state index contributed by atoms with van der Waals surface area (Å²) < 4.78 is 26.7. The number of rotatable bonds is 3. The molecule has 0 aromatic heterocycles. The number of halogens is 3. The zero-order chi connectivity index (χ0) is 23.9. The molecule has 174 valence electrons. The molecule has 2 heterocycles. The molecule has 8 heteroatoms. The number of nitrogens with one attached hydrogen (secondary N) is 1. The Hall–Kier alpha value is -3.45. The van der Waals surface area contributed by atoms with Gasteiger partial charge in [0.2, 0.25) is 5.91 Å². The van der Waals surface area contributed by atoms with Crippen LogP contribution in [-0.4, -0.2) is 29.9 Å². The maximum Gasteiger partial charge on any atom is 0.321 e. The van der Waals surface area contributed by atoms with Crippen molar-refractivity contribution in [3.63, 3.8) is 0 Å². The van der Waals surface area contributed by atoms with Crippen LogP contribution >= 0.6 is 11.6 Å². The lowest BCUT2D eigenvalue weighted by Gasteiger charge is -2.59. The molecule has 0 aliphatic carbocycles. The molecule has 1 unspecified atom stereocenters. The number of carbonyl (C=O) groups is 2. The number of amides is 3. The second kappa shape index (κ2) is 8.72. The Morgan fingerprint density at radius 2 is 1.62 bits per heavy atom. The van der Waals surface area contributed by atoms with E-state index in [1.807, 2.05) is 59.5 Å². The molecule has 2 fully saturated rings. The Kier molecular flexibility index (Phi) is 5.73. The zero-order valence-electron chi connectivity index (χ0n) is 18.2. The van der Waals surface area contributed by atoms with Crippen LogP contribution in [0.2, 0.25) is 5.02 Å². The van der Waals surface area contributed by atoms with E-state index < -0.39 is 23.1 Å². The van der Waals surface area contributed by atoms with Gasteiger partial charge in [-0.1, -0.05) is 41.9 Å². The van der Waals surface area contributed by atoms with E-state index in [4.69, 9.17) is 11.6 Å². The molecule has 2 saturated heterocycles. The first-order chi connectivity index (χ1) is 16.4. The van der Waals surface area contributed by atoms with Crippen LogP contribution in [-0.2, 0) is 4.79 Å². The van der Waals surface area contributed by atoms with Gasteiger partial charge in [-0.2, -0.15) is 0 Å². The first-order valence-corrected chi connectivity index (χ1v) is 11.4. The minimum atomic E-state index is -1.03. The van der Waals surface area contributed by atoms with Crippen LogP contribution < -0.4 is 10.2 Å². The second-order valence-corrected chi connectivity index (χ2v) is 9.10. The number of nitrogens with zero attached hydrogens (tertiary/aromatic N) is 2. The third-order valence-corrected chi connectivity index (χ3v) is 7.01. The molecule has 3 aromatic rings. The van der Waals surface area contributed by atoms with Crippen LogP contribution in [0, 0.1) is 17.0 Å². The van der Waals surface area contributed by atoms with E-state index in [9.17, 15) is 18.4 Å². The molecule has 0 radical (unpaired) electrons. The van der Waals surface area contributed by atoms with Crippen molar-refractivity contribution in [2.24, 2.45) is 5.41 Å². The number of hydrogen-bond acceptors (Lipinski definition) is 2. The quantitative estimate of drug-likeness (QED) is 0.465. The van der Waals surface area contributed by atoms with Crippen molar-refractivity contribution >= 4 is 34.9 Å². The van der Waals surface area contributed by atoms with E-state index >= 15 is 0 Å². The van der Waals surface area contributed by atoms with Crippen LogP contribution in [0.3, 0.4) is 0 Å². The molecule has 34 heavy (non-hydrogen) atoms. The van der Waals surface area contributed by atoms with Gasteiger partial charge in [0.25, 0.3) is 0 Å². The predicted octanol–water partition coefficient (Wildman–Crippen LogP) is 6.02. The molecular formula is C26H22ClF2N3O2. The molecule has 1 N–H and O–H groups in total. The number of benzene rings is 3. The highest BCUT2D eigenvalue weighted by molar-refractivity contribution is 6.30. The average molecular weight is 482 g/mol. The second-order valence-electron chi connectivity index (χ2n) is 8.67. The lowest BCUT2D eigenvalue weighted by atomic mass is 9.62. The fourth-order valence-corrected chi connectivity index (χ4v) is 5.12. The van der Waals surface area contributed by atoms with Crippen molar-refractivity contribution in [3.05, 3.63) is 95.0 Å². The van der Waals surface area contributed by atoms with Gasteiger partial charge >= 0.3 is 6.03 Å². The lowest BCUT2D eigenvalue weighted by molar-refractivity contribution is -0.144. The van der Waals surface area contributed by atoms with Crippen LogP contribution in [0.4, 0.5) is 25.0 Å². The van der Waals surface area contributed by atoms with Gasteiger partial charge in [-0.15, -0.1) is 0 Å². The molecule has 5 nitrogen and oxygen atoms in total. The first-order valence-electron chi connectivity index (χ1n) is 11.0. The maximum atomic E-state index is 13.5. The van der Waals surface area contributed by atoms with Gasteiger partial charge in [-0.25, -0.2) is 13.6 Å². The molecule has 2 aliphatic heterocycles. The van der Waals surface area contributed by atoms with Gasteiger partial charge in [-0.3, -0.25) is 4.79 Å². The third kappa shape index (κ3) is 3.80. The molecule has 5 rings (SSSR count). The van der Waals surface area contributed by atoms with Gasteiger partial charge < -0.3 is 15.1 Å². The summed E-state index contributed by atoms with van der Waals surface area (Å²) in [4.78, 5) is 29.7. The summed E-state index contributed by atoms with van der Waals surface area (Å²) in [6.45, 7) is 0.738. The molecule has 0 saturated carbocycles. The highest BCUT2D eigenvalue weighted by atomic mass is 35.5. The standard InChI is InChI=1S/C26H22ClF2N3O2/c27-18-8-6-17(7-9-18)23-26(24(33)32(23)20-4-2-1-3-5-20)12-14-31(15-13-26)25(34)30-19-10-11-21(28)22(29)16-19/h1-11,16,23H,12-15H2,(H,30,34). The number of urea groups is 1. The Bertz CT molecular complexity index is 1230. The number of likely N-dealkylation sites (tertiary alicyclic amines) is 1. The summed E-state index contributed by atoms with van der Waals surface area (Å²) in [5.74, 6) is -1.96. The fraction of sp³-hybridized carbons (Fsp3) is 0.231. The van der Waals surface area contributed by atoms with Crippen molar-refractivity contribution in [1.82, 2.24) is 4.90 Å². The molecule has 1 atom stereocenters. The van der Waals surface area contributed by atoms with Crippen LogP contribution in [0.25, 0.3) is 0 Å². The first kappa shape index (κ1) is 22.3. The van der Waals surface area contributed by atoms with Crippen LogP contribution in [0.15, 0.2) is 72.8 Å². The number of hydrogen-bond donors (Lipinski definition) is 1. The molecular weight excluding hydrogens is 460 g/mol. The van der Waals surface area contributed by atoms with Gasteiger partial charge in [0.15, 0.2) is 11.6 Å². The number of para-hydroxylation sites is 1. The van der Waals surface area contributed by atoms with E-state index in [0.717, 1.165) is 23.4 Å². The monoisotopic (exact) mass is 481 g/mol. The average Bonchev–Trinajstić information content (AvgIpc) is 2.86. The Labute approximate surface area is 200 Å². The highest BCUT2D eigenvalue weighted by Gasteiger charge is 2.62. The molecule has 2 aliphatic rings. The van der Waals surface area contributed by atoms with Gasteiger partial charge in [-0.05, 0) is 54.8 Å². The van der Waals surface area contributed by atoms with Crippen molar-refractivity contribution in [2.45, 2.75) is 18.9 Å². The molecule has 3 aromatic carbocycles. The summed E-state index contributed by atoms with van der Waals surface area (Å²) in [7, 11) is 0. The van der Waals surface area contributed by atoms with Crippen LogP contribution in [0.5, 0.6) is 0 Å². The lowest BCUT2D eigenvalue weighted by Crippen LogP contribution is -2.67. The Morgan fingerprint density at radius 3 is 2.26 bits per heavy atom. The number of piperidine rings is 1. The zero-order valence-corrected chi connectivity index (χ0v) is 18.9. The van der Waals surface area contributed by atoms with E-state index in [2.05, 4.69) is 5.32 Å². The van der Waals surface area contributed by atoms with Crippen molar-refractivity contribution in [2.75, 3.05) is 23.3 Å². The predicted molar refractivity (Wildman–Crippen MR) is 127 cm³/mol. The molecule has 0 bridgehead atoms. The summed E-state index contributed by atoms with van der Waals surface area (Å²) >= 11 is 6.10. The summed E-state index contributed by atoms with van der Waals surface area (Å²) in [6.07, 6.45) is 0.987. The van der Waals surface area contributed by atoms with Crippen LogP contribution in [0.1, 0.15) is 24.4 Å². The van der Waals surface area contributed by atoms with E-state index in [1.165, 1.54) is 6.07 Å². The maximum absolute atomic E-state index is 13.5. The number of anilines is 2. The topological polar surface area (TPSA) is 52.7 Å². The normalized spacial score (nSPS) is 19.1. The fourth-order valence-electron chi connectivity index (χ4n) is 5.00. The summed E-state index contributed by atoms with van der Waals surface area (Å²) in [5, 5.41) is 3.23. The number of β-lactam (4-membered cyclic amide) rings is 1. The SMILES string of the molecule is O=C(Nc1ccc(F)c(F)c1)N1CCC2(CC1)C(=O)N(c1ccccc1)C2c1ccc(Cl)cc1. The van der Waals surface area contributed by atoms with Gasteiger partial charge in [0.1, 0.15) is 0 Å². The van der Waals surface area contributed by atoms with Crippen molar-refractivity contribution in [1.29, 1.82) is 0 Å². The van der Waals surface area contributed by atoms with Crippen molar-refractivity contribution in [3.8, 4) is 0 Å². The molecule has 1 spiro atoms. The Morgan fingerprint density at radius 1 is 0.941 bits per heavy atom. The van der Waals surface area contributed by atoms with E-state index in [1.54, 1.807) is 4.90 Å². The number of carbonyl (C=O) groups excluding carboxylic acids is 2. The van der Waals surface area contributed by atoms with E-state index in [0.29, 0.717) is 31.0 Å². The van der Waals surface area contributed by atoms with E-state index in [-0.39, 0.29) is 17.6 Å². The minimum absolute atomic E-state index is 0.0410. The highest BCUT2D eigenvalue weighted by Crippen LogP contribution is 2.57. The van der Waals surface area contributed by atoms with Gasteiger partial charge in [0, 0.05) is 35.6 Å².